The first kappa shape index (κ1) is 31.3. The van der Waals surface area contributed by atoms with Gasteiger partial charge in [-0.2, -0.15) is 8.78 Å². The Morgan fingerprint density at radius 2 is 1.91 bits per heavy atom. The summed E-state index contributed by atoms with van der Waals surface area (Å²) in [5.41, 5.74) is -3.19. The molecule has 1 aliphatic carbocycles. The number of aryl methyl sites for hydroxylation is 1. The van der Waals surface area contributed by atoms with Crippen molar-refractivity contribution in [3.05, 3.63) is 53.1 Å². The quantitative estimate of drug-likeness (QED) is 0.349. The summed E-state index contributed by atoms with van der Waals surface area (Å²) in [6.07, 6.45) is 1.33. The van der Waals surface area contributed by atoms with Crippen LogP contribution in [0.2, 0.25) is 0 Å². The van der Waals surface area contributed by atoms with Crippen molar-refractivity contribution in [2.45, 2.75) is 69.7 Å². The predicted octanol–water partition coefficient (Wildman–Crippen LogP) is 5.17. The molecule has 2 saturated heterocycles. The number of hydrogen-bond donors (Lipinski definition) is 2. The molecule has 2 aliphatic heterocycles. The summed E-state index contributed by atoms with van der Waals surface area (Å²) in [4.78, 5) is 26.7. The molecular weight excluding hydrogens is 591 g/mol. The van der Waals surface area contributed by atoms with Gasteiger partial charge in [-0.15, -0.1) is 0 Å². The normalized spacial score (nSPS) is 19.4. The van der Waals surface area contributed by atoms with Gasteiger partial charge in [0.1, 0.15) is 23.1 Å². The number of carbonyl (C=O) groups is 1. The number of halogens is 3. The van der Waals surface area contributed by atoms with E-state index < -0.39 is 35.0 Å². The van der Waals surface area contributed by atoms with Gasteiger partial charge in [0.25, 0.3) is 0 Å². The molecule has 2 N–H and O–H groups in total. The number of hydrogen-bond acceptors (Lipinski definition) is 9. The Kier molecular flexibility index (Phi) is 7.85. The van der Waals surface area contributed by atoms with Crippen LogP contribution in [0.3, 0.4) is 0 Å². The Balaban J connectivity index is 1.28. The lowest BCUT2D eigenvalue weighted by Gasteiger charge is -2.46. The highest BCUT2D eigenvalue weighted by molar-refractivity contribution is 5.92. The molecule has 1 saturated carbocycles. The molecular formula is C32H38F3N5O5. The van der Waals surface area contributed by atoms with Gasteiger partial charge in [-0.1, -0.05) is 12.1 Å². The van der Waals surface area contributed by atoms with Crippen LogP contribution in [0.15, 0.2) is 30.3 Å². The molecule has 0 radical (unpaired) electrons. The fourth-order valence-corrected chi connectivity index (χ4v) is 6.10. The molecule has 45 heavy (non-hydrogen) atoms. The molecule has 1 amide bonds. The van der Waals surface area contributed by atoms with E-state index in [9.17, 15) is 18.7 Å². The summed E-state index contributed by atoms with van der Waals surface area (Å²) in [5, 5.41) is 13.6. The van der Waals surface area contributed by atoms with Gasteiger partial charge in [0.05, 0.1) is 49.0 Å². The number of benzene rings is 2. The number of nitrogens with one attached hydrogen (secondary N) is 1. The molecule has 1 atom stereocenters. The zero-order valence-electron chi connectivity index (χ0n) is 26.0. The maximum Gasteiger partial charge on any atom is 0.415 e. The van der Waals surface area contributed by atoms with E-state index in [1.807, 2.05) is 0 Å². The van der Waals surface area contributed by atoms with Gasteiger partial charge in [0, 0.05) is 36.7 Å². The maximum atomic E-state index is 15.5. The fraction of sp³-hybridized carbons (Fsp3) is 0.531. The van der Waals surface area contributed by atoms with E-state index in [0.29, 0.717) is 40.9 Å². The zero-order chi connectivity index (χ0) is 32.3. The second-order valence-electron chi connectivity index (χ2n) is 12.8. The minimum absolute atomic E-state index is 0.0386. The Labute approximate surface area is 259 Å². The highest BCUT2D eigenvalue weighted by Gasteiger charge is 2.55. The van der Waals surface area contributed by atoms with Crippen molar-refractivity contribution in [3.8, 4) is 11.5 Å². The molecule has 3 fully saturated rings. The molecule has 242 valence electrons. The lowest BCUT2D eigenvalue weighted by atomic mass is 9.91. The lowest BCUT2D eigenvalue weighted by Crippen LogP contribution is -2.62. The molecule has 3 heterocycles. The first-order valence-electron chi connectivity index (χ1n) is 15.1. The summed E-state index contributed by atoms with van der Waals surface area (Å²) < 4.78 is 62.3. The van der Waals surface area contributed by atoms with Crippen LogP contribution < -0.4 is 14.8 Å². The SMILES string of the molecule is COc1cc2nc(C)nc(NC(C)c3cccc(C(F)(F)C(C)(C)O)c3F)c2cc1OC(=O)N1CCN(C2COC2)CC12CC2. The van der Waals surface area contributed by atoms with Crippen LogP contribution in [0.5, 0.6) is 11.5 Å². The van der Waals surface area contributed by atoms with Crippen molar-refractivity contribution in [2.75, 3.05) is 45.3 Å². The van der Waals surface area contributed by atoms with Gasteiger partial charge in [-0.3, -0.25) is 9.80 Å². The largest absolute Gasteiger partial charge is 0.493 e. The number of amides is 1. The van der Waals surface area contributed by atoms with E-state index in [2.05, 4.69) is 20.2 Å². The molecule has 0 bridgehead atoms. The van der Waals surface area contributed by atoms with Crippen molar-refractivity contribution in [1.29, 1.82) is 0 Å². The average molecular weight is 630 g/mol. The van der Waals surface area contributed by atoms with Gasteiger partial charge in [-0.25, -0.2) is 19.2 Å². The number of ether oxygens (including phenoxy) is 3. The van der Waals surface area contributed by atoms with Crippen molar-refractivity contribution in [2.24, 2.45) is 0 Å². The summed E-state index contributed by atoms with van der Waals surface area (Å²) >= 11 is 0. The number of fused-ring (bicyclic) bond motifs is 1. The highest BCUT2D eigenvalue weighted by Crippen LogP contribution is 2.46. The molecule has 1 spiro atoms. The van der Waals surface area contributed by atoms with Crippen LogP contribution in [0.1, 0.15) is 56.6 Å². The zero-order valence-corrected chi connectivity index (χ0v) is 26.0. The molecule has 10 nitrogen and oxygen atoms in total. The van der Waals surface area contributed by atoms with E-state index in [1.165, 1.54) is 19.2 Å². The van der Waals surface area contributed by atoms with Gasteiger partial charge in [-0.05, 0) is 52.7 Å². The Morgan fingerprint density at radius 1 is 1.18 bits per heavy atom. The predicted molar refractivity (Wildman–Crippen MR) is 160 cm³/mol. The van der Waals surface area contributed by atoms with Crippen LogP contribution in [0.4, 0.5) is 23.8 Å². The summed E-state index contributed by atoms with van der Waals surface area (Å²) in [6, 6.07) is 6.49. The Hall–Kier alpha value is -3.68. The van der Waals surface area contributed by atoms with Crippen molar-refractivity contribution < 1.29 is 37.3 Å². The summed E-state index contributed by atoms with van der Waals surface area (Å²) in [7, 11) is 1.47. The van der Waals surface area contributed by atoms with Gasteiger partial charge in [0.15, 0.2) is 11.5 Å². The van der Waals surface area contributed by atoms with E-state index in [1.54, 1.807) is 30.9 Å². The smallest absolute Gasteiger partial charge is 0.415 e. The Bertz CT molecular complexity index is 1620. The van der Waals surface area contributed by atoms with E-state index >= 15 is 4.39 Å². The average Bonchev–Trinajstić information content (AvgIpc) is 3.70. The van der Waals surface area contributed by atoms with Crippen molar-refractivity contribution in [3.63, 3.8) is 0 Å². The van der Waals surface area contributed by atoms with Gasteiger partial charge in [0.2, 0.25) is 0 Å². The third-order valence-electron chi connectivity index (χ3n) is 9.11. The first-order chi connectivity index (χ1) is 21.2. The third kappa shape index (κ3) is 5.66. The number of aromatic nitrogens is 2. The van der Waals surface area contributed by atoms with Crippen LogP contribution in [0, 0.1) is 12.7 Å². The van der Waals surface area contributed by atoms with E-state index in [4.69, 9.17) is 14.2 Å². The van der Waals surface area contributed by atoms with Gasteiger partial charge >= 0.3 is 12.0 Å². The summed E-state index contributed by atoms with van der Waals surface area (Å²) in [5.74, 6) is -3.80. The number of carbonyl (C=O) groups excluding carboxylic acids is 1. The fourth-order valence-electron chi connectivity index (χ4n) is 6.10. The minimum Gasteiger partial charge on any atom is -0.493 e. The third-order valence-corrected chi connectivity index (χ3v) is 9.11. The van der Waals surface area contributed by atoms with Crippen LogP contribution >= 0.6 is 0 Å². The number of nitrogens with zero attached hydrogens (tertiary/aromatic N) is 4. The highest BCUT2D eigenvalue weighted by atomic mass is 19.3. The van der Waals surface area contributed by atoms with Crippen LogP contribution in [-0.4, -0.2) is 88.1 Å². The van der Waals surface area contributed by atoms with Crippen LogP contribution in [-0.2, 0) is 10.7 Å². The monoisotopic (exact) mass is 629 g/mol. The number of anilines is 1. The minimum atomic E-state index is -3.84. The molecule has 1 aromatic heterocycles. The molecule has 6 rings (SSSR count). The van der Waals surface area contributed by atoms with Crippen molar-refractivity contribution >= 4 is 22.8 Å². The molecule has 2 aromatic carbocycles. The number of aliphatic hydroxyl groups is 1. The van der Waals surface area contributed by atoms with Crippen molar-refractivity contribution in [1.82, 2.24) is 19.8 Å². The number of alkyl halides is 2. The lowest BCUT2D eigenvalue weighted by molar-refractivity contribution is -0.170. The second kappa shape index (κ2) is 11.3. The molecule has 1 unspecified atom stereocenters. The molecule has 13 heteroatoms. The summed E-state index contributed by atoms with van der Waals surface area (Å²) in [6.45, 7) is 8.66. The Morgan fingerprint density at radius 3 is 2.53 bits per heavy atom. The maximum absolute atomic E-state index is 15.5. The number of piperazine rings is 1. The van der Waals surface area contributed by atoms with E-state index in [0.717, 1.165) is 59.1 Å². The van der Waals surface area contributed by atoms with Gasteiger partial charge < -0.3 is 24.6 Å². The topological polar surface area (TPSA) is 109 Å². The van der Waals surface area contributed by atoms with Crippen LogP contribution in [0.25, 0.3) is 10.9 Å². The molecule has 3 aliphatic rings. The second-order valence-corrected chi connectivity index (χ2v) is 12.8. The standard InChI is InChI=1S/C32H38F3N5O5/c1-18(21-7-6-8-23(27(21)33)32(34,35)30(3,4)42)36-28-22-13-26(25(43-5)14-24(22)37-19(2)38-28)45-29(41)40-12-11-39(20-15-44-16-20)17-31(40)9-10-31/h6-8,13-14,18,20,42H,9-12,15-17H2,1-5H3,(H,36,37,38). The van der Waals surface area contributed by atoms with E-state index in [-0.39, 0.29) is 16.9 Å². The molecule has 3 aromatic rings. The number of methoxy groups -OCH3 is 1. The number of rotatable bonds is 8. The first-order valence-corrected chi connectivity index (χ1v) is 15.1.